The lowest BCUT2D eigenvalue weighted by atomic mass is 10.4. The summed E-state index contributed by atoms with van der Waals surface area (Å²) in [5.74, 6) is -2.76. The third-order valence-electron chi connectivity index (χ3n) is 2.29. The molecule has 0 saturated carbocycles. The van der Waals surface area contributed by atoms with Crippen LogP contribution >= 0.6 is 0 Å². The van der Waals surface area contributed by atoms with Crippen molar-refractivity contribution in [3.05, 3.63) is 0 Å². The lowest BCUT2D eigenvalue weighted by molar-refractivity contribution is -0.143. The Bertz CT molecular complexity index is 488. The van der Waals surface area contributed by atoms with Crippen molar-refractivity contribution in [1.82, 2.24) is 14.9 Å². The molecule has 122 valence electrons. The molecule has 0 aromatic rings. The maximum atomic E-state index is 11.6. The summed E-state index contributed by atoms with van der Waals surface area (Å²) < 4.78 is 25.3. The number of amides is 2. The second kappa shape index (κ2) is 8.57. The molecule has 3 N–H and O–H groups in total. The first-order valence-corrected chi connectivity index (χ1v) is 7.91. The molecule has 0 aromatic heterocycles. The predicted molar refractivity (Wildman–Crippen MR) is 75.0 cm³/mol. The summed E-state index contributed by atoms with van der Waals surface area (Å²) in [6.45, 7) is 2.58. The number of carbonyl (C=O) groups is 3. The van der Waals surface area contributed by atoms with E-state index in [1.807, 2.05) is 0 Å². The molecule has 0 aliphatic rings. The summed E-state index contributed by atoms with van der Waals surface area (Å²) in [4.78, 5) is 34.1. The number of sulfonamides is 1. The monoisotopic (exact) mass is 323 g/mol. The van der Waals surface area contributed by atoms with Gasteiger partial charge in [0.15, 0.2) is 0 Å². The first kappa shape index (κ1) is 19.3. The summed E-state index contributed by atoms with van der Waals surface area (Å²) in [5, 5.41) is 11.0. The second-order valence-electron chi connectivity index (χ2n) is 4.76. The van der Waals surface area contributed by atoms with Gasteiger partial charge in [-0.1, -0.05) is 0 Å². The molecule has 0 aromatic carbocycles. The van der Waals surface area contributed by atoms with E-state index in [-0.39, 0.29) is 12.5 Å². The third kappa shape index (κ3) is 9.79. The molecule has 0 spiro atoms. The molecule has 21 heavy (non-hydrogen) atoms. The second-order valence-corrected chi connectivity index (χ2v) is 6.68. The number of carbonyl (C=O) groups excluding carboxylic acids is 2. The average Bonchev–Trinajstić information content (AvgIpc) is 2.32. The quantitative estimate of drug-likeness (QED) is 0.466. The van der Waals surface area contributed by atoms with Crippen LogP contribution in [-0.4, -0.2) is 68.1 Å². The molecule has 2 amide bonds. The van der Waals surface area contributed by atoms with Gasteiger partial charge in [0.1, 0.15) is 6.54 Å². The van der Waals surface area contributed by atoms with Crippen molar-refractivity contribution in [3.63, 3.8) is 0 Å². The standard InChI is InChI=1S/C11H21N3O6S/c1-8(2)13-9(15)6-12-21(19,20)5-4-10(16)14(3)7-11(17)18/h8,12H,4-7H2,1-3H3,(H,13,15)(H,17,18). The Morgan fingerprint density at radius 3 is 2.29 bits per heavy atom. The normalized spacial score (nSPS) is 11.2. The fourth-order valence-corrected chi connectivity index (χ4v) is 2.26. The van der Waals surface area contributed by atoms with Crippen molar-refractivity contribution < 1.29 is 27.9 Å². The van der Waals surface area contributed by atoms with E-state index in [1.54, 1.807) is 13.8 Å². The van der Waals surface area contributed by atoms with Crippen LogP contribution in [0.4, 0.5) is 0 Å². The van der Waals surface area contributed by atoms with Crippen LogP contribution in [0, 0.1) is 0 Å². The van der Waals surface area contributed by atoms with Gasteiger partial charge in [0.05, 0.1) is 12.3 Å². The van der Waals surface area contributed by atoms with E-state index in [9.17, 15) is 22.8 Å². The number of likely N-dealkylation sites (N-methyl/N-ethyl adjacent to an activating group) is 1. The molecule has 9 nitrogen and oxygen atoms in total. The van der Waals surface area contributed by atoms with E-state index in [2.05, 4.69) is 10.0 Å². The Morgan fingerprint density at radius 2 is 1.81 bits per heavy atom. The minimum atomic E-state index is -3.78. The van der Waals surface area contributed by atoms with Crippen LogP contribution in [0.1, 0.15) is 20.3 Å². The summed E-state index contributed by atoms with van der Waals surface area (Å²) in [5.41, 5.74) is 0. The number of nitrogens with zero attached hydrogens (tertiary/aromatic N) is 1. The molecular formula is C11H21N3O6S. The van der Waals surface area contributed by atoms with Gasteiger partial charge in [-0.15, -0.1) is 0 Å². The van der Waals surface area contributed by atoms with E-state index in [0.29, 0.717) is 0 Å². The zero-order valence-electron chi connectivity index (χ0n) is 12.2. The van der Waals surface area contributed by atoms with Crippen LogP contribution in [0.15, 0.2) is 0 Å². The van der Waals surface area contributed by atoms with E-state index < -0.39 is 46.6 Å². The Labute approximate surface area is 123 Å². The van der Waals surface area contributed by atoms with E-state index in [1.165, 1.54) is 7.05 Å². The number of hydrogen-bond donors (Lipinski definition) is 3. The van der Waals surface area contributed by atoms with Crippen molar-refractivity contribution >= 4 is 27.8 Å². The number of rotatable bonds is 9. The van der Waals surface area contributed by atoms with Gasteiger partial charge in [-0.05, 0) is 13.8 Å². The van der Waals surface area contributed by atoms with Gasteiger partial charge in [0.2, 0.25) is 21.8 Å². The van der Waals surface area contributed by atoms with Gasteiger partial charge in [-0.25, -0.2) is 13.1 Å². The molecule has 0 aliphatic carbocycles. The van der Waals surface area contributed by atoms with Gasteiger partial charge < -0.3 is 15.3 Å². The molecule has 0 atom stereocenters. The number of carboxylic acids is 1. The maximum absolute atomic E-state index is 11.6. The highest BCUT2D eigenvalue weighted by Gasteiger charge is 2.18. The largest absolute Gasteiger partial charge is 0.480 e. The molecule has 0 aliphatic heterocycles. The highest BCUT2D eigenvalue weighted by Crippen LogP contribution is 1.95. The molecule has 0 fully saturated rings. The number of carboxylic acid groups (broad SMARTS) is 1. The molecule has 0 unspecified atom stereocenters. The Hall–Kier alpha value is -1.68. The lowest BCUT2D eigenvalue weighted by Crippen LogP contribution is -2.41. The first-order valence-electron chi connectivity index (χ1n) is 6.26. The highest BCUT2D eigenvalue weighted by molar-refractivity contribution is 7.89. The lowest BCUT2D eigenvalue weighted by Gasteiger charge is -2.14. The Morgan fingerprint density at radius 1 is 1.24 bits per heavy atom. The van der Waals surface area contributed by atoms with Gasteiger partial charge in [-0.3, -0.25) is 14.4 Å². The third-order valence-corrected chi connectivity index (χ3v) is 3.61. The number of aliphatic carboxylic acids is 1. The van der Waals surface area contributed by atoms with Crippen LogP contribution in [0.3, 0.4) is 0 Å². The van der Waals surface area contributed by atoms with Crippen LogP contribution in [0.25, 0.3) is 0 Å². The first-order chi connectivity index (χ1) is 9.53. The highest BCUT2D eigenvalue weighted by atomic mass is 32.2. The van der Waals surface area contributed by atoms with E-state index in [4.69, 9.17) is 5.11 Å². The molecule has 0 heterocycles. The van der Waals surface area contributed by atoms with Crippen LogP contribution in [0.5, 0.6) is 0 Å². The molecule has 0 bridgehead atoms. The topological polar surface area (TPSA) is 133 Å². The fourth-order valence-electron chi connectivity index (χ4n) is 1.32. The van der Waals surface area contributed by atoms with Crippen LogP contribution in [-0.2, 0) is 24.4 Å². The van der Waals surface area contributed by atoms with Crippen LogP contribution in [0.2, 0.25) is 0 Å². The molecule has 0 radical (unpaired) electrons. The van der Waals surface area contributed by atoms with Crippen molar-refractivity contribution in [2.45, 2.75) is 26.3 Å². The molecule has 10 heteroatoms. The zero-order chi connectivity index (χ0) is 16.6. The van der Waals surface area contributed by atoms with Crippen molar-refractivity contribution in [2.24, 2.45) is 0 Å². The molecule has 0 rings (SSSR count). The van der Waals surface area contributed by atoms with Crippen LogP contribution < -0.4 is 10.0 Å². The summed E-state index contributed by atoms with van der Waals surface area (Å²) in [6.07, 6.45) is -0.356. The zero-order valence-corrected chi connectivity index (χ0v) is 13.1. The number of hydrogen-bond acceptors (Lipinski definition) is 5. The predicted octanol–water partition coefficient (Wildman–Crippen LogP) is -1.64. The van der Waals surface area contributed by atoms with Gasteiger partial charge in [-0.2, -0.15) is 0 Å². The van der Waals surface area contributed by atoms with Crippen molar-refractivity contribution in [1.29, 1.82) is 0 Å². The van der Waals surface area contributed by atoms with E-state index in [0.717, 1.165) is 4.90 Å². The van der Waals surface area contributed by atoms with Crippen molar-refractivity contribution in [2.75, 3.05) is 25.9 Å². The minimum absolute atomic E-state index is 0.103. The SMILES string of the molecule is CC(C)NC(=O)CNS(=O)(=O)CCC(=O)N(C)CC(=O)O. The summed E-state index contributed by atoms with van der Waals surface area (Å²) in [7, 11) is -2.50. The van der Waals surface area contributed by atoms with Gasteiger partial charge in [0, 0.05) is 19.5 Å². The summed E-state index contributed by atoms with van der Waals surface area (Å²) >= 11 is 0. The summed E-state index contributed by atoms with van der Waals surface area (Å²) in [6, 6.07) is -0.103. The Balaban J connectivity index is 4.22. The molecule has 0 saturated heterocycles. The van der Waals surface area contributed by atoms with Gasteiger partial charge >= 0.3 is 5.97 Å². The van der Waals surface area contributed by atoms with Gasteiger partial charge in [0.25, 0.3) is 0 Å². The van der Waals surface area contributed by atoms with E-state index >= 15 is 0 Å². The number of nitrogens with one attached hydrogen (secondary N) is 2. The van der Waals surface area contributed by atoms with Crippen molar-refractivity contribution in [3.8, 4) is 0 Å². The smallest absolute Gasteiger partial charge is 0.323 e. The Kier molecular flexibility index (Phi) is 7.89. The maximum Gasteiger partial charge on any atom is 0.323 e. The minimum Gasteiger partial charge on any atom is -0.480 e. The molecular weight excluding hydrogens is 302 g/mol. The fraction of sp³-hybridized carbons (Fsp3) is 0.727. The average molecular weight is 323 g/mol.